The Morgan fingerprint density at radius 3 is 2.17 bits per heavy atom. The van der Waals surface area contributed by atoms with E-state index in [-0.39, 0.29) is 0 Å². The minimum absolute atomic E-state index is 0.611. The first kappa shape index (κ1) is 17.4. The smallest absolute Gasteiger partial charge is 0.151 e. The summed E-state index contributed by atoms with van der Waals surface area (Å²) in [6, 6.07) is 0. The molecule has 106 valence electrons. The average Bonchev–Trinajstić information content (AvgIpc) is 2.34. The van der Waals surface area contributed by atoms with Crippen LogP contribution in [0.15, 0.2) is 24.3 Å². The Morgan fingerprint density at radius 1 is 0.944 bits per heavy atom. The van der Waals surface area contributed by atoms with Gasteiger partial charge in [0.2, 0.25) is 0 Å². The van der Waals surface area contributed by atoms with E-state index in [4.69, 9.17) is 9.84 Å². The molecule has 1 unspecified atom stereocenters. The van der Waals surface area contributed by atoms with Gasteiger partial charge in [-0.25, -0.2) is 0 Å². The molecule has 2 nitrogen and oxygen atoms in total. The number of hydrogen-bond donors (Lipinski definition) is 1. The van der Waals surface area contributed by atoms with E-state index in [1.54, 1.807) is 6.92 Å². The topological polar surface area (TPSA) is 29.5 Å². The van der Waals surface area contributed by atoms with Gasteiger partial charge in [0, 0.05) is 6.61 Å². The van der Waals surface area contributed by atoms with E-state index < -0.39 is 6.29 Å². The van der Waals surface area contributed by atoms with Gasteiger partial charge in [-0.2, -0.15) is 0 Å². The molecule has 0 saturated heterocycles. The molecule has 0 rings (SSSR count). The summed E-state index contributed by atoms with van der Waals surface area (Å²) in [5, 5.41) is 8.90. The molecule has 0 aromatic heterocycles. The largest absolute Gasteiger partial charge is 0.368 e. The molecule has 0 bridgehead atoms. The Balaban J connectivity index is 3.03. The molecule has 0 saturated carbocycles. The number of ether oxygens (including phenoxy) is 1. The first-order valence-corrected chi connectivity index (χ1v) is 7.35. The molecule has 0 spiro atoms. The maximum Gasteiger partial charge on any atom is 0.151 e. The van der Waals surface area contributed by atoms with Crippen LogP contribution in [0.25, 0.3) is 0 Å². The number of rotatable bonds is 12. The summed E-state index contributed by atoms with van der Waals surface area (Å²) in [5.41, 5.74) is 0. The van der Waals surface area contributed by atoms with E-state index in [1.807, 2.05) is 6.92 Å². The quantitative estimate of drug-likeness (QED) is 0.313. The van der Waals surface area contributed by atoms with Gasteiger partial charge in [0.15, 0.2) is 6.29 Å². The van der Waals surface area contributed by atoms with E-state index in [0.29, 0.717) is 6.61 Å². The lowest BCUT2D eigenvalue weighted by Gasteiger charge is -2.05. The maximum atomic E-state index is 8.90. The zero-order chi connectivity index (χ0) is 13.5. The molecule has 0 aliphatic rings. The number of aliphatic hydroxyl groups is 1. The molecule has 0 radical (unpaired) electrons. The highest BCUT2D eigenvalue weighted by atomic mass is 16.6. The van der Waals surface area contributed by atoms with Crippen LogP contribution >= 0.6 is 0 Å². The first-order valence-electron chi connectivity index (χ1n) is 7.35. The standard InChI is InChI=1S/C16H30O2/c1-3-4-5-6-7-8-9-10-11-12-13-14-15-18-16(2)17/h3-6,16-17H,7-15H2,1-2H3/b4-3+,6-5+. The van der Waals surface area contributed by atoms with Gasteiger partial charge in [0.1, 0.15) is 0 Å². The van der Waals surface area contributed by atoms with Crippen molar-refractivity contribution in [2.24, 2.45) is 0 Å². The Labute approximate surface area is 113 Å². The average molecular weight is 254 g/mol. The van der Waals surface area contributed by atoms with Crippen LogP contribution in [0.3, 0.4) is 0 Å². The summed E-state index contributed by atoms with van der Waals surface area (Å²) in [6.45, 7) is 4.38. The summed E-state index contributed by atoms with van der Waals surface area (Å²) in [7, 11) is 0. The Hall–Kier alpha value is -0.600. The van der Waals surface area contributed by atoms with Gasteiger partial charge in [0.05, 0.1) is 0 Å². The fraction of sp³-hybridized carbons (Fsp3) is 0.750. The second-order valence-corrected chi connectivity index (χ2v) is 4.69. The molecule has 0 aromatic carbocycles. The van der Waals surface area contributed by atoms with Crippen molar-refractivity contribution in [1.29, 1.82) is 0 Å². The number of allylic oxidation sites excluding steroid dienone is 4. The number of hydrogen-bond acceptors (Lipinski definition) is 2. The van der Waals surface area contributed by atoms with Crippen molar-refractivity contribution in [2.75, 3.05) is 6.61 Å². The Morgan fingerprint density at radius 2 is 1.56 bits per heavy atom. The van der Waals surface area contributed by atoms with Crippen LogP contribution in [0.4, 0.5) is 0 Å². The van der Waals surface area contributed by atoms with Crippen molar-refractivity contribution in [3.63, 3.8) is 0 Å². The van der Waals surface area contributed by atoms with Gasteiger partial charge in [-0.1, -0.05) is 56.4 Å². The highest BCUT2D eigenvalue weighted by Gasteiger charge is 1.94. The van der Waals surface area contributed by atoms with Crippen LogP contribution in [-0.2, 0) is 4.74 Å². The number of unbranched alkanes of at least 4 members (excludes halogenated alkanes) is 7. The Bertz CT molecular complexity index is 207. The van der Waals surface area contributed by atoms with E-state index in [0.717, 1.165) is 6.42 Å². The zero-order valence-corrected chi connectivity index (χ0v) is 12.1. The maximum absolute atomic E-state index is 8.90. The molecular weight excluding hydrogens is 224 g/mol. The van der Waals surface area contributed by atoms with E-state index >= 15 is 0 Å². The highest BCUT2D eigenvalue weighted by Crippen LogP contribution is 2.09. The third-order valence-electron chi connectivity index (χ3n) is 2.81. The van der Waals surface area contributed by atoms with Crippen LogP contribution in [0.2, 0.25) is 0 Å². The molecule has 0 heterocycles. The van der Waals surface area contributed by atoms with Crippen molar-refractivity contribution >= 4 is 0 Å². The lowest BCUT2D eigenvalue weighted by atomic mass is 10.1. The van der Waals surface area contributed by atoms with Crippen molar-refractivity contribution in [1.82, 2.24) is 0 Å². The monoisotopic (exact) mass is 254 g/mol. The Kier molecular flexibility index (Phi) is 14.0. The molecule has 1 N–H and O–H groups in total. The SMILES string of the molecule is C/C=C/C=C/CCCCCCCCCOC(C)O. The van der Waals surface area contributed by atoms with Gasteiger partial charge in [0.25, 0.3) is 0 Å². The lowest BCUT2D eigenvalue weighted by Crippen LogP contribution is -2.06. The summed E-state index contributed by atoms with van der Waals surface area (Å²) in [5.74, 6) is 0. The van der Waals surface area contributed by atoms with Gasteiger partial charge in [-0.05, 0) is 33.1 Å². The minimum Gasteiger partial charge on any atom is -0.368 e. The van der Waals surface area contributed by atoms with Crippen molar-refractivity contribution in [2.45, 2.75) is 71.5 Å². The second kappa shape index (κ2) is 14.5. The van der Waals surface area contributed by atoms with Crippen LogP contribution in [-0.4, -0.2) is 18.0 Å². The van der Waals surface area contributed by atoms with Gasteiger partial charge in [-0.15, -0.1) is 0 Å². The molecule has 0 aliphatic heterocycles. The molecule has 0 fully saturated rings. The van der Waals surface area contributed by atoms with Gasteiger partial charge in [-0.3, -0.25) is 0 Å². The molecule has 1 atom stereocenters. The van der Waals surface area contributed by atoms with E-state index in [9.17, 15) is 0 Å². The fourth-order valence-corrected chi connectivity index (χ4v) is 1.79. The van der Waals surface area contributed by atoms with Gasteiger partial charge < -0.3 is 9.84 Å². The van der Waals surface area contributed by atoms with E-state index in [2.05, 4.69) is 24.3 Å². The first-order chi connectivity index (χ1) is 8.77. The predicted molar refractivity (Wildman–Crippen MR) is 78.5 cm³/mol. The van der Waals surface area contributed by atoms with Crippen molar-refractivity contribution < 1.29 is 9.84 Å². The zero-order valence-electron chi connectivity index (χ0n) is 12.1. The minimum atomic E-state index is -0.611. The highest BCUT2D eigenvalue weighted by molar-refractivity contribution is 5.00. The number of aliphatic hydroxyl groups excluding tert-OH is 1. The molecule has 18 heavy (non-hydrogen) atoms. The fourth-order valence-electron chi connectivity index (χ4n) is 1.79. The van der Waals surface area contributed by atoms with Crippen molar-refractivity contribution in [3.8, 4) is 0 Å². The molecule has 0 aromatic rings. The molecule has 0 aliphatic carbocycles. The molecule has 0 amide bonds. The van der Waals surface area contributed by atoms with Gasteiger partial charge >= 0.3 is 0 Å². The van der Waals surface area contributed by atoms with Crippen molar-refractivity contribution in [3.05, 3.63) is 24.3 Å². The normalized spacial score (nSPS) is 13.7. The summed E-state index contributed by atoms with van der Waals surface area (Å²) in [4.78, 5) is 0. The van der Waals surface area contributed by atoms with Crippen LogP contribution in [0.1, 0.15) is 65.2 Å². The third-order valence-corrected chi connectivity index (χ3v) is 2.81. The summed E-state index contributed by atoms with van der Waals surface area (Å²) in [6.07, 6.45) is 18.0. The second-order valence-electron chi connectivity index (χ2n) is 4.69. The summed E-state index contributed by atoms with van der Waals surface area (Å²) >= 11 is 0. The van der Waals surface area contributed by atoms with Crippen LogP contribution in [0.5, 0.6) is 0 Å². The van der Waals surface area contributed by atoms with Crippen LogP contribution in [0, 0.1) is 0 Å². The predicted octanol–water partition coefficient (Wildman–Crippen LogP) is 4.59. The molecular formula is C16H30O2. The van der Waals surface area contributed by atoms with E-state index in [1.165, 1.54) is 44.9 Å². The molecule has 2 heteroatoms. The van der Waals surface area contributed by atoms with Crippen LogP contribution < -0.4 is 0 Å². The lowest BCUT2D eigenvalue weighted by molar-refractivity contribution is -0.0859. The third kappa shape index (κ3) is 15.4. The summed E-state index contributed by atoms with van der Waals surface area (Å²) < 4.78 is 5.08.